The van der Waals surface area contributed by atoms with Gasteiger partial charge in [0.25, 0.3) is 0 Å². The van der Waals surface area contributed by atoms with Crippen LogP contribution in [0, 0.1) is 0 Å². The molecule has 1 atom stereocenters. The average molecular weight is 183 g/mol. The van der Waals surface area contributed by atoms with Gasteiger partial charge in [-0.3, -0.25) is 4.90 Å². The van der Waals surface area contributed by atoms with Gasteiger partial charge in [0.15, 0.2) is 6.39 Å². The van der Waals surface area contributed by atoms with Crippen LogP contribution >= 0.6 is 0 Å². The summed E-state index contributed by atoms with van der Waals surface area (Å²) in [6.07, 6.45) is 2.85. The van der Waals surface area contributed by atoms with E-state index in [1.54, 1.807) is 6.20 Å². The SMILES string of the molecule is NCC(c1cnco1)N1CC(O)C1. The van der Waals surface area contributed by atoms with E-state index in [0.29, 0.717) is 19.6 Å². The van der Waals surface area contributed by atoms with E-state index in [1.165, 1.54) is 6.39 Å². The van der Waals surface area contributed by atoms with E-state index in [0.717, 1.165) is 5.76 Å². The maximum absolute atomic E-state index is 9.13. The molecule has 1 aliphatic heterocycles. The Kier molecular flexibility index (Phi) is 2.30. The van der Waals surface area contributed by atoms with Gasteiger partial charge in [0.2, 0.25) is 0 Å². The van der Waals surface area contributed by atoms with Crippen LogP contribution in [0.25, 0.3) is 0 Å². The van der Waals surface area contributed by atoms with Crippen molar-refractivity contribution in [1.82, 2.24) is 9.88 Å². The summed E-state index contributed by atoms with van der Waals surface area (Å²) in [6, 6.07) is 0.0610. The van der Waals surface area contributed by atoms with Gasteiger partial charge in [-0.25, -0.2) is 4.98 Å². The first kappa shape index (κ1) is 8.68. The number of aliphatic hydroxyl groups excluding tert-OH is 1. The lowest BCUT2D eigenvalue weighted by Crippen LogP contribution is -2.53. The molecule has 0 saturated carbocycles. The number of aliphatic hydroxyl groups is 1. The standard InChI is InChI=1S/C8H13N3O2/c9-1-7(8-2-10-5-13-8)11-3-6(12)4-11/h2,5-7,12H,1,3-4,9H2. The van der Waals surface area contributed by atoms with Crippen molar-refractivity contribution in [2.75, 3.05) is 19.6 Å². The third-order valence-corrected chi connectivity index (χ3v) is 2.33. The number of nitrogens with two attached hydrogens (primary N) is 1. The number of hydrogen-bond donors (Lipinski definition) is 2. The monoisotopic (exact) mass is 183 g/mol. The molecule has 0 bridgehead atoms. The maximum atomic E-state index is 9.13. The minimum atomic E-state index is -0.211. The van der Waals surface area contributed by atoms with E-state index in [4.69, 9.17) is 15.3 Å². The van der Waals surface area contributed by atoms with Gasteiger partial charge in [-0.1, -0.05) is 0 Å². The Bertz CT molecular complexity index is 256. The first-order chi connectivity index (χ1) is 6.31. The minimum absolute atomic E-state index is 0.0610. The Morgan fingerprint density at radius 2 is 2.54 bits per heavy atom. The molecule has 5 heteroatoms. The Hall–Kier alpha value is -0.910. The molecule has 1 aromatic heterocycles. The van der Waals surface area contributed by atoms with Crippen LogP contribution < -0.4 is 5.73 Å². The van der Waals surface area contributed by atoms with Crippen LogP contribution in [-0.2, 0) is 0 Å². The zero-order chi connectivity index (χ0) is 9.26. The van der Waals surface area contributed by atoms with Gasteiger partial charge in [-0.2, -0.15) is 0 Å². The van der Waals surface area contributed by atoms with E-state index < -0.39 is 0 Å². The molecule has 1 aliphatic rings. The summed E-state index contributed by atoms with van der Waals surface area (Å²) in [5, 5.41) is 9.13. The van der Waals surface area contributed by atoms with Crippen LogP contribution in [0.2, 0.25) is 0 Å². The highest BCUT2D eigenvalue weighted by Gasteiger charge is 2.32. The lowest BCUT2D eigenvalue weighted by Gasteiger charge is -2.40. The van der Waals surface area contributed by atoms with Gasteiger partial charge in [-0.15, -0.1) is 0 Å². The number of hydrogen-bond acceptors (Lipinski definition) is 5. The summed E-state index contributed by atoms with van der Waals surface area (Å²) >= 11 is 0. The zero-order valence-electron chi connectivity index (χ0n) is 7.26. The summed E-state index contributed by atoms with van der Waals surface area (Å²) in [6.45, 7) is 1.83. The summed E-state index contributed by atoms with van der Waals surface area (Å²) in [5.41, 5.74) is 5.61. The number of aromatic nitrogens is 1. The average Bonchev–Trinajstić information content (AvgIpc) is 2.55. The second-order valence-electron chi connectivity index (χ2n) is 3.26. The molecule has 1 saturated heterocycles. The Morgan fingerprint density at radius 3 is 3.00 bits per heavy atom. The van der Waals surface area contributed by atoms with Crippen molar-refractivity contribution in [1.29, 1.82) is 0 Å². The highest BCUT2D eigenvalue weighted by Crippen LogP contribution is 2.24. The molecule has 0 amide bonds. The van der Waals surface area contributed by atoms with Crippen LogP contribution in [0.1, 0.15) is 11.8 Å². The minimum Gasteiger partial charge on any atom is -0.447 e. The summed E-state index contributed by atoms with van der Waals surface area (Å²) in [7, 11) is 0. The Balaban J connectivity index is 2.02. The second kappa shape index (κ2) is 3.45. The molecule has 3 N–H and O–H groups in total. The predicted octanol–water partition coefficient (Wildman–Crippen LogP) is -0.649. The second-order valence-corrected chi connectivity index (χ2v) is 3.26. The van der Waals surface area contributed by atoms with E-state index in [1.807, 2.05) is 0 Å². The quantitative estimate of drug-likeness (QED) is 0.651. The molecule has 2 rings (SSSR count). The Labute approximate surface area is 76.2 Å². The van der Waals surface area contributed by atoms with Gasteiger partial charge >= 0.3 is 0 Å². The summed E-state index contributed by atoms with van der Waals surface area (Å²) in [5.74, 6) is 0.773. The molecule has 0 radical (unpaired) electrons. The van der Waals surface area contributed by atoms with Crippen molar-refractivity contribution in [2.24, 2.45) is 5.73 Å². The molecule has 72 valence electrons. The highest BCUT2D eigenvalue weighted by molar-refractivity contribution is 5.02. The molecular weight excluding hydrogens is 170 g/mol. The van der Waals surface area contributed by atoms with Crippen LogP contribution in [0.3, 0.4) is 0 Å². The van der Waals surface area contributed by atoms with Crippen molar-refractivity contribution in [2.45, 2.75) is 12.1 Å². The maximum Gasteiger partial charge on any atom is 0.180 e. The third-order valence-electron chi connectivity index (χ3n) is 2.33. The van der Waals surface area contributed by atoms with Crippen LogP contribution in [0.4, 0.5) is 0 Å². The number of rotatable bonds is 3. The van der Waals surface area contributed by atoms with Gasteiger partial charge in [0.05, 0.1) is 18.3 Å². The van der Waals surface area contributed by atoms with Gasteiger partial charge in [-0.05, 0) is 0 Å². The van der Waals surface area contributed by atoms with E-state index in [9.17, 15) is 0 Å². The largest absolute Gasteiger partial charge is 0.447 e. The van der Waals surface area contributed by atoms with Crippen LogP contribution in [-0.4, -0.2) is 40.7 Å². The normalized spacial score (nSPS) is 21.4. The van der Waals surface area contributed by atoms with E-state index in [2.05, 4.69) is 9.88 Å². The predicted molar refractivity (Wildman–Crippen MR) is 45.9 cm³/mol. The van der Waals surface area contributed by atoms with Gasteiger partial charge in [0.1, 0.15) is 5.76 Å². The van der Waals surface area contributed by atoms with Crippen molar-refractivity contribution >= 4 is 0 Å². The molecule has 2 heterocycles. The Morgan fingerprint density at radius 1 is 1.77 bits per heavy atom. The van der Waals surface area contributed by atoms with Crippen molar-refractivity contribution in [3.8, 4) is 0 Å². The number of nitrogens with zero attached hydrogens (tertiary/aromatic N) is 2. The van der Waals surface area contributed by atoms with Crippen LogP contribution in [0.5, 0.6) is 0 Å². The number of β-amino-alcohol motifs (C(OH)–C–C–N with tert-alkyl or cyclic N) is 1. The van der Waals surface area contributed by atoms with E-state index >= 15 is 0 Å². The number of oxazole rings is 1. The van der Waals surface area contributed by atoms with Gasteiger partial charge < -0.3 is 15.3 Å². The van der Waals surface area contributed by atoms with E-state index in [-0.39, 0.29) is 12.1 Å². The lowest BCUT2D eigenvalue weighted by atomic mass is 10.1. The fourth-order valence-corrected chi connectivity index (χ4v) is 1.58. The molecule has 1 fully saturated rings. The van der Waals surface area contributed by atoms with Crippen LogP contribution in [0.15, 0.2) is 17.0 Å². The fourth-order valence-electron chi connectivity index (χ4n) is 1.58. The van der Waals surface area contributed by atoms with Crippen molar-refractivity contribution in [3.05, 3.63) is 18.4 Å². The first-order valence-corrected chi connectivity index (χ1v) is 4.32. The summed E-state index contributed by atoms with van der Waals surface area (Å²) < 4.78 is 5.16. The smallest absolute Gasteiger partial charge is 0.180 e. The lowest BCUT2D eigenvalue weighted by molar-refractivity contribution is -0.0280. The van der Waals surface area contributed by atoms with Crippen molar-refractivity contribution < 1.29 is 9.52 Å². The summed E-state index contributed by atoms with van der Waals surface area (Å²) in [4.78, 5) is 5.91. The molecule has 0 aliphatic carbocycles. The first-order valence-electron chi connectivity index (χ1n) is 4.32. The van der Waals surface area contributed by atoms with Crippen molar-refractivity contribution in [3.63, 3.8) is 0 Å². The van der Waals surface area contributed by atoms with Gasteiger partial charge in [0, 0.05) is 19.6 Å². The molecular formula is C8H13N3O2. The highest BCUT2D eigenvalue weighted by atomic mass is 16.3. The molecule has 1 unspecified atom stereocenters. The zero-order valence-corrected chi connectivity index (χ0v) is 7.26. The topological polar surface area (TPSA) is 75.5 Å². The molecule has 0 aromatic carbocycles. The molecule has 0 spiro atoms. The fraction of sp³-hybridized carbons (Fsp3) is 0.625. The molecule has 1 aromatic rings. The molecule has 5 nitrogen and oxygen atoms in total. The third kappa shape index (κ3) is 1.58. The molecule has 13 heavy (non-hydrogen) atoms. The number of likely N-dealkylation sites (tertiary alicyclic amines) is 1.